The fourth-order valence-electron chi connectivity index (χ4n) is 2.32. The number of nitrogens with one attached hydrogen (secondary N) is 1. The number of ether oxygens (including phenoxy) is 1. The first kappa shape index (κ1) is 17.0. The number of rotatable bonds is 6. The molecule has 0 atom stereocenters. The van der Waals surface area contributed by atoms with Crippen LogP contribution in [0.3, 0.4) is 0 Å². The highest BCUT2D eigenvalue weighted by molar-refractivity contribution is 7.14. The maximum atomic E-state index is 12.5. The first-order valence-electron chi connectivity index (χ1n) is 7.65. The number of aryl methyl sites for hydroxylation is 1. The molecule has 0 aliphatic rings. The van der Waals surface area contributed by atoms with Crippen LogP contribution in [0.25, 0.3) is 0 Å². The standard InChI is InChI=1S/C17H19N5O2S/c1-21(9-12-8-18-22(2)10-12)16(23)15-11-25-17(20-15)19-13-4-6-14(24-3)7-5-13/h4-8,10-11H,9H2,1-3H3,(H,19,20). The van der Waals surface area contributed by atoms with E-state index in [4.69, 9.17) is 4.74 Å². The Bertz CT molecular complexity index is 856. The number of nitrogens with zero attached hydrogens (tertiary/aromatic N) is 4. The van der Waals surface area contributed by atoms with Crippen LogP contribution in [0.15, 0.2) is 42.0 Å². The molecule has 1 N–H and O–H groups in total. The first-order valence-corrected chi connectivity index (χ1v) is 8.52. The van der Waals surface area contributed by atoms with E-state index < -0.39 is 0 Å². The summed E-state index contributed by atoms with van der Waals surface area (Å²) in [6.45, 7) is 0.492. The van der Waals surface area contributed by atoms with Gasteiger partial charge in [-0.25, -0.2) is 4.98 Å². The van der Waals surface area contributed by atoms with Crippen molar-refractivity contribution in [3.63, 3.8) is 0 Å². The van der Waals surface area contributed by atoms with Gasteiger partial charge in [-0.1, -0.05) is 0 Å². The predicted octanol–water partition coefficient (Wildman–Crippen LogP) is 2.90. The third kappa shape index (κ3) is 4.16. The van der Waals surface area contributed by atoms with E-state index in [9.17, 15) is 4.79 Å². The van der Waals surface area contributed by atoms with E-state index in [-0.39, 0.29) is 5.91 Å². The Balaban J connectivity index is 1.64. The molecule has 1 amide bonds. The fraction of sp³-hybridized carbons (Fsp3) is 0.235. The number of thiazole rings is 1. The number of methoxy groups -OCH3 is 1. The second-order valence-electron chi connectivity index (χ2n) is 5.57. The van der Waals surface area contributed by atoms with Crippen LogP contribution in [0.5, 0.6) is 5.75 Å². The zero-order valence-electron chi connectivity index (χ0n) is 14.3. The molecule has 0 radical (unpaired) electrons. The van der Waals surface area contributed by atoms with Gasteiger partial charge >= 0.3 is 0 Å². The van der Waals surface area contributed by atoms with Gasteiger partial charge in [-0.2, -0.15) is 5.10 Å². The second-order valence-corrected chi connectivity index (χ2v) is 6.43. The smallest absolute Gasteiger partial charge is 0.273 e. The number of hydrogen-bond donors (Lipinski definition) is 1. The summed E-state index contributed by atoms with van der Waals surface area (Å²) in [6, 6.07) is 7.53. The molecule has 0 fully saturated rings. The lowest BCUT2D eigenvalue weighted by Crippen LogP contribution is -2.26. The van der Waals surface area contributed by atoms with Gasteiger partial charge in [0.25, 0.3) is 5.91 Å². The summed E-state index contributed by atoms with van der Waals surface area (Å²) in [4.78, 5) is 18.5. The van der Waals surface area contributed by atoms with Gasteiger partial charge in [0, 0.05) is 43.5 Å². The van der Waals surface area contributed by atoms with Gasteiger partial charge in [0.15, 0.2) is 5.13 Å². The van der Waals surface area contributed by atoms with Crippen LogP contribution in [-0.2, 0) is 13.6 Å². The topological polar surface area (TPSA) is 72.3 Å². The number of hydrogen-bond acceptors (Lipinski definition) is 6. The average Bonchev–Trinajstić information content (AvgIpc) is 3.24. The predicted molar refractivity (Wildman–Crippen MR) is 97.4 cm³/mol. The normalized spacial score (nSPS) is 10.5. The van der Waals surface area contributed by atoms with E-state index in [1.807, 2.05) is 37.5 Å². The summed E-state index contributed by atoms with van der Waals surface area (Å²) < 4.78 is 6.85. The molecule has 7 nitrogen and oxygen atoms in total. The summed E-state index contributed by atoms with van der Waals surface area (Å²) in [5, 5.41) is 9.73. The highest BCUT2D eigenvalue weighted by atomic mass is 32.1. The minimum Gasteiger partial charge on any atom is -0.497 e. The van der Waals surface area contributed by atoms with Crippen molar-refractivity contribution in [2.45, 2.75) is 6.54 Å². The average molecular weight is 357 g/mol. The number of carbonyl (C=O) groups excluding carboxylic acids is 1. The van der Waals surface area contributed by atoms with E-state index in [0.717, 1.165) is 17.0 Å². The molecule has 25 heavy (non-hydrogen) atoms. The third-order valence-corrected chi connectivity index (χ3v) is 4.35. The van der Waals surface area contributed by atoms with Gasteiger partial charge in [0.1, 0.15) is 11.4 Å². The monoisotopic (exact) mass is 357 g/mol. The third-order valence-electron chi connectivity index (χ3n) is 3.59. The Hall–Kier alpha value is -2.87. The van der Waals surface area contributed by atoms with Crippen LogP contribution < -0.4 is 10.1 Å². The van der Waals surface area contributed by atoms with Gasteiger partial charge in [0.2, 0.25) is 0 Å². The van der Waals surface area contributed by atoms with Crippen LogP contribution in [0, 0.1) is 0 Å². The number of anilines is 2. The lowest BCUT2D eigenvalue weighted by Gasteiger charge is -2.14. The van der Waals surface area contributed by atoms with Crippen LogP contribution >= 0.6 is 11.3 Å². The Labute approximate surface area is 149 Å². The summed E-state index contributed by atoms with van der Waals surface area (Å²) in [7, 11) is 5.23. The minimum atomic E-state index is -0.122. The van der Waals surface area contributed by atoms with Crippen molar-refractivity contribution < 1.29 is 9.53 Å². The van der Waals surface area contributed by atoms with Gasteiger partial charge < -0.3 is 15.0 Å². The molecule has 3 aromatic rings. The molecule has 8 heteroatoms. The molecule has 0 bridgehead atoms. The lowest BCUT2D eigenvalue weighted by atomic mass is 10.3. The molecule has 130 valence electrons. The van der Waals surface area contributed by atoms with Crippen molar-refractivity contribution in [3.05, 3.63) is 53.3 Å². The Morgan fingerprint density at radius 2 is 2.12 bits per heavy atom. The van der Waals surface area contributed by atoms with Crippen LogP contribution in [0.1, 0.15) is 16.1 Å². The van der Waals surface area contributed by atoms with Crippen molar-refractivity contribution in [1.82, 2.24) is 19.7 Å². The zero-order chi connectivity index (χ0) is 17.8. The number of benzene rings is 1. The fourth-order valence-corrected chi connectivity index (χ4v) is 3.03. The maximum Gasteiger partial charge on any atom is 0.273 e. The van der Waals surface area contributed by atoms with Crippen LogP contribution in [0.2, 0.25) is 0 Å². The van der Waals surface area contributed by atoms with Gasteiger partial charge in [0.05, 0.1) is 13.3 Å². The molecular formula is C17H19N5O2S. The number of carbonyl (C=O) groups is 1. The number of amides is 1. The molecule has 0 aliphatic heterocycles. The molecule has 2 aromatic heterocycles. The van der Waals surface area contributed by atoms with E-state index in [1.54, 1.807) is 35.3 Å². The highest BCUT2D eigenvalue weighted by Gasteiger charge is 2.16. The Kier molecular flexibility index (Phi) is 4.99. The van der Waals surface area contributed by atoms with Gasteiger partial charge in [-0.15, -0.1) is 11.3 Å². The molecule has 0 aliphatic carbocycles. The Morgan fingerprint density at radius 3 is 2.76 bits per heavy atom. The largest absolute Gasteiger partial charge is 0.497 e. The van der Waals surface area contributed by atoms with Crippen molar-refractivity contribution in [2.24, 2.45) is 7.05 Å². The van der Waals surface area contributed by atoms with Gasteiger partial charge in [-0.05, 0) is 24.3 Å². The van der Waals surface area contributed by atoms with Crippen LogP contribution in [-0.4, -0.2) is 39.7 Å². The van der Waals surface area contributed by atoms with E-state index in [1.165, 1.54) is 11.3 Å². The molecule has 2 heterocycles. The molecule has 0 saturated carbocycles. The van der Waals surface area contributed by atoms with Crippen molar-refractivity contribution in [1.29, 1.82) is 0 Å². The Morgan fingerprint density at radius 1 is 1.36 bits per heavy atom. The summed E-state index contributed by atoms with van der Waals surface area (Å²) in [5.74, 6) is 0.667. The van der Waals surface area contributed by atoms with Gasteiger partial charge in [-0.3, -0.25) is 9.48 Å². The minimum absolute atomic E-state index is 0.122. The van der Waals surface area contributed by atoms with E-state index >= 15 is 0 Å². The van der Waals surface area contributed by atoms with E-state index in [0.29, 0.717) is 17.4 Å². The first-order chi connectivity index (χ1) is 12.0. The molecule has 1 aromatic carbocycles. The summed E-state index contributed by atoms with van der Waals surface area (Å²) in [6.07, 6.45) is 3.64. The van der Waals surface area contributed by atoms with Crippen molar-refractivity contribution in [3.8, 4) is 5.75 Å². The van der Waals surface area contributed by atoms with E-state index in [2.05, 4.69) is 15.4 Å². The highest BCUT2D eigenvalue weighted by Crippen LogP contribution is 2.23. The van der Waals surface area contributed by atoms with Crippen molar-refractivity contribution >= 4 is 28.1 Å². The van der Waals surface area contributed by atoms with Crippen LogP contribution in [0.4, 0.5) is 10.8 Å². The summed E-state index contributed by atoms with van der Waals surface area (Å²) in [5.41, 5.74) is 2.29. The zero-order valence-corrected chi connectivity index (χ0v) is 15.1. The molecule has 3 rings (SSSR count). The molecule has 0 spiro atoms. The lowest BCUT2D eigenvalue weighted by molar-refractivity contribution is 0.0780. The number of aromatic nitrogens is 3. The SMILES string of the molecule is COc1ccc(Nc2nc(C(=O)N(C)Cc3cnn(C)c3)cs2)cc1. The quantitative estimate of drug-likeness (QED) is 0.734. The second kappa shape index (κ2) is 7.35. The van der Waals surface area contributed by atoms with Crippen molar-refractivity contribution in [2.75, 3.05) is 19.5 Å². The molecular weight excluding hydrogens is 338 g/mol. The molecule has 0 saturated heterocycles. The summed E-state index contributed by atoms with van der Waals surface area (Å²) >= 11 is 1.39. The maximum absolute atomic E-state index is 12.5. The molecule has 0 unspecified atom stereocenters.